The van der Waals surface area contributed by atoms with Crippen LogP contribution in [-0.4, -0.2) is 19.5 Å². The summed E-state index contributed by atoms with van der Waals surface area (Å²) in [5.41, 5.74) is 0.932. The molecular formula is C7H14N2O. The van der Waals surface area contributed by atoms with Gasteiger partial charge in [-0.15, -0.1) is 0 Å². The van der Waals surface area contributed by atoms with Crippen molar-refractivity contribution in [3.05, 3.63) is 12.3 Å². The highest BCUT2D eigenvalue weighted by Gasteiger charge is 1.99. The third-order valence-corrected chi connectivity index (χ3v) is 1.26. The predicted octanol–water partition coefficient (Wildman–Crippen LogP) is 0.244. The second-order valence-corrected chi connectivity index (χ2v) is 2.24. The summed E-state index contributed by atoms with van der Waals surface area (Å²) >= 11 is 0. The largest absolute Gasteiger partial charge is 0.392 e. The summed E-state index contributed by atoms with van der Waals surface area (Å²) in [4.78, 5) is 9.92. The monoisotopic (exact) mass is 142 g/mol. The van der Waals surface area contributed by atoms with Crippen molar-refractivity contribution in [2.45, 2.75) is 19.4 Å². The van der Waals surface area contributed by atoms with E-state index in [0.29, 0.717) is 6.41 Å². The Hall–Kier alpha value is -0.990. The lowest BCUT2D eigenvalue weighted by molar-refractivity contribution is -0.110. The van der Waals surface area contributed by atoms with E-state index >= 15 is 0 Å². The van der Waals surface area contributed by atoms with E-state index in [9.17, 15) is 4.79 Å². The van der Waals surface area contributed by atoms with Gasteiger partial charge in [-0.25, -0.2) is 0 Å². The molecule has 0 bridgehead atoms. The summed E-state index contributed by atoms with van der Waals surface area (Å²) in [6.07, 6.45) is 1.48. The van der Waals surface area contributed by atoms with Crippen LogP contribution in [0, 0.1) is 0 Å². The van der Waals surface area contributed by atoms with Crippen molar-refractivity contribution >= 4 is 6.41 Å². The minimum atomic E-state index is 0.164. The lowest BCUT2D eigenvalue weighted by Gasteiger charge is -2.10. The van der Waals surface area contributed by atoms with E-state index in [2.05, 4.69) is 17.2 Å². The topological polar surface area (TPSA) is 41.1 Å². The molecule has 2 N–H and O–H groups in total. The van der Waals surface area contributed by atoms with Crippen molar-refractivity contribution < 1.29 is 4.79 Å². The van der Waals surface area contributed by atoms with Crippen LogP contribution in [0.1, 0.15) is 13.3 Å². The molecular weight excluding hydrogens is 128 g/mol. The fourth-order valence-corrected chi connectivity index (χ4v) is 0.647. The highest BCUT2D eigenvalue weighted by molar-refractivity contribution is 5.46. The van der Waals surface area contributed by atoms with Gasteiger partial charge in [0.2, 0.25) is 6.41 Å². The van der Waals surface area contributed by atoms with E-state index in [1.54, 1.807) is 0 Å². The molecule has 0 saturated carbocycles. The molecule has 1 atom stereocenters. The molecule has 0 aromatic carbocycles. The summed E-state index contributed by atoms with van der Waals surface area (Å²) in [6.45, 7) is 5.66. The first-order chi connectivity index (χ1) is 4.70. The minimum absolute atomic E-state index is 0.164. The van der Waals surface area contributed by atoms with Crippen LogP contribution >= 0.6 is 0 Å². The first-order valence-corrected chi connectivity index (χ1v) is 3.26. The quantitative estimate of drug-likeness (QED) is 0.540. The number of nitrogens with one attached hydrogen (secondary N) is 2. The molecule has 0 saturated heterocycles. The molecule has 1 amide bonds. The Bertz CT molecular complexity index is 123. The zero-order chi connectivity index (χ0) is 7.98. The highest BCUT2D eigenvalue weighted by atomic mass is 16.1. The zero-order valence-electron chi connectivity index (χ0n) is 6.48. The molecule has 58 valence electrons. The van der Waals surface area contributed by atoms with E-state index in [4.69, 9.17) is 0 Å². The molecule has 0 aliphatic rings. The Morgan fingerprint density at radius 3 is 2.80 bits per heavy atom. The standard InChI is InChI=1S/C7H14N2O/c1-6(8-3)4-7(2)9-5-10/h5,7-8H,1,4H2,2-3H3,(H,9,10). The van der Waals surface area contributed by atoms with Gasteiger partial charge in [-0.1, -0.05) is 6.58 Å². The Labute approximate surface area is 61.5 Å². The second-order valence-electron chi connectivity index (χ2n) is 2.24. The van der Waals surface area contributed by atoms with Gasteiger partial charge >= 0.3 is 0 Å². The molecule has 0 aromatic rings. The van der Waals surface area contributed by atoms with Crippen molar-refractivity contribution in [2.24, 2.45) is 0 Å². The molecule has 0 rings (SSSR count). The van der Waals surface area contributed by atoms with Crippen molar-refractivity contribution in [3.63, 3.8) is 0 Å². The first kappa shape index (κ1) is 9.01. The normalized spacial score (nSPS) is 11.8. The molecule has 3 heteroatoms. The molecule has 0 aliphatic heterocycles. The van der Waals surface area contributed by atoms with Crippen LogP contribution in [0.15, 0.2) is 12.3 Å². The molecule has 0 radical (unpaired) electrons. The fourth-order valence-electron chi connectivity index (χ4n) is 0.647. The lowest BCUT2D eigenvalue weighted by Crippen LogP contribution is -2.26. The Morgan fingerprint density at radius 1 is 1.80 bits per heavy atom. The van der Waals surface area contributed by atoms with Gasteiger partial charge < -0.3 is 10.6 Å². The van der Waals surface area contributed by atoms with E-state index in [-0.39, 0.29) is 6.04 Å². The van der Waals surface area contributed by atoms with Crippen LogP contribution in [0.4, 0.5) is 0 Å². The maximum atomic E-state index is 9.92. The smallest absolute Gasteiger partial charge is 0.207 e. The van der Waals surface area contributed by atoms with Crippen LogP contribution in [0.2, 0.25) is 0 Å². The molecule has 0 aromatic heterocycles. The van der Waals surface area contributed by atoms with Gasteiger partial charge in [0.1, 0.15) is 0 Å². The molecule has 10 heavy (non-hydrogen) atoms. The van der Waals surface area contributed by atoms with Crippen molar-refractivity contribution in [1.82, 2.24) is 10.6 Å². The van der Waals surface area contributed by atoms with Crippen LogP contribution in [-0.2, 0) is 4.79 Å². The van der Waals surface area contributed by atoms with Crippen LogP contribution in [0.25, 0.3) is 0 Å². The van der Waals surface area contributed by atoms with E-state index in [0.717, 1.165) is 12.1 Å². The summed E-state index contributed by atoms with van der Waals surface area (Å²) in [6, 6.07) is 0.164. The average molecular weight is 142 g/mol. The summed E-state index contributed by atoms with van der Waals surface area (Å²) < 4.78 is 0. The van der Waals surface area contributed by atoms with Gasteiger partial charge in [0, 0.05) is 25.2 Å². The number of hydrogen-bond acceptors (Lipinski definition) is 2. The zero-order valence-corrected chi connectivity index (χ0v) is 6.48. The van der Waals surface area contributed by atoms with Crippen LogP contribution < -0.4 is 10.6 Å². The van der Waals surface area contributed by atoms with Gasteiger partial charge in [-0.05, 0) is 6.92 Å². The van der Waals surface area contributed by atoms with Crippen molar-refractivity contribution in [1.29, 1.82) is 0 Å². The fraction of sp³-hybridized carbons (Fsp3) is 0.571. The van der Waals surface area contributed by atoms with Crippen molar-refractivity contribution in [2.75, 3.05) is 7.05 Å². The summed E-state index contributed by atoms with van der Waals surface area (Å²) in [5, 5.41) is 5.53. The Morgan fingerprint density at radius 2 is 2.40 bits per heavy atom. The third-order valence-electron chi connectivity index (χ3n) is 1.26. The van der Waals surface area contributed by atoms with E-state index < -0.39 is 0 Å². The number of amides is 1. The van der Waals surface area contributed by atoms with E-state index in [1.807, 2.05) is 14.0 Å². The highest BCUT2D eigenvalue weighted by Crippen LogP contribution is 1.96. The lowest BCUT2D eigenvalue weighted by atomic mass is 10.2. The molecule has 0 fully saturated rings. The van der Waals surface area contributed by atoms with Gasteiger partial charge in [-0.3, -0.25) is 4.79 Å². The summed E-state index contributed by atoms with van der Waals surface area (Å²) in [5.74, 6) is 0. The first-order valence-electron chi connectivity index (χ1n) is 3.26. The number of carbonyl (C=O) groups is 1. The Balaban J connectivity index is 3.46. The van der Waals surface area contributed by atoms with Crippen LogP contribution in [0.5, 0.6) is 0 Å². The third kappa shape index (κ3) is 3.95. The second kappa shape index (κ2) is 4.85. The number of hydrogen-bond donors (Lipinski definition) is 2. The molecule has 1 unspecified atom stereocenters. The van der Waals surface area contributed by atoms with Gasteiger partial charge in [0.15, 0.2) is 0 Å². The Kier molecular flexibility index (Phi) is 4.37. The van der Waals surface area contributed by atoms with Gasteiger partial charge in [-0.2, -0.15) is 0 Å². The maximum Gasteiger partial charge on any atom is 0.207 e. The molecule has 0 heterocycles. The van der Waals surface area contributed by atoms with Crippen LogP contribution in [0.3, 0.4) is 0 Å². The van der Waals surface area contributed by atoms with Gasteiger partial charge in [0.25, 0.3) is 0 Å². The summed E-state index contributed by atoms with van der Waals surface area (Å²) in [7, 11) is 1.82. The SMILES string of the molecule is C=C(CC(C)NC=O)NC. The molecule has 0 aliphatic carbocycles. The maximum absolute atomic E-state index is 9.92. The number of rotatable bonds is 5. The van der Waals surface area contributed by atoms with Gasteiger partial charge in [0.05, 0.1) is 0 Å². The van der Waals surface area contributed by atoms with Crippen molar-refractivity contribution in [3.8, 4) is 0 Å². The number of carbonyl (C=O) groups excluding carboxylic acids is 1. The predicted molar refractivity (Wildman–Crippen MR) is 41.5 cm³/mol. The average Bonchev–Trinajstić information content (AvgIpc) is 1.88. The van der Waals surface area contributed by atoms with E-state index in [1.165, 1.54) is 0 Å². The minimum Gasteiger partial charge on any atom is -0.392 e. The molecule has 0 spiro atoms. The molecule has 3 nitrogen and oxygen atoms in total.